The highest BCUT2D eigenvalue weighted by Gasteiger charge is 2.35. The largest absolute Gasteiger partial charge is 0.383 e. The zero-order valence-electron chi connectivity index (χ0n) is 13.2. The lowest BCUT2D eigenvalue weighted by Crippen LogP contribution is -2.52. The zero-order valence-corrected chi connectivity index (χ0v) is 14.0. The Morgan fingerprint density at radius 2 is 2.22 bits per heavy atom. The first-order valence-electron chi connectivity index (χ1n) is 7.28. The van der Waals surface area contributed by atoms with Crippen molar-refractivity contribution in [2.45, 2.75) is 30.2 Å². The Morgan fingerprint density at radius 3 is 2.78 bits per heavy atom. The van der Waals surface area contributed by atoms with Gasteiger partial charge in [0.1, 0.15) is 0 Å². The highest BCUT2D eigenvalue weighted by Crippen LogP contribution is 2.23. The van der Waals surface area contributed by atoms with Crippen LogP contribution in [0.4, 0.5) is 5.69 Å². The van der Waals surface area contributed by atoms with Gasteiger partial charge in [-0.25, -0.2) is 13.1 Å². The fourth-order valence-electron chi connectivity index (χ4n) is 2.74. The van der Waals surface area contributed by atoms with E-state index in [4.69, 9.17) is 4.74 Å². The average molecular weight is 343 g/mol. The van der Waals surface area contributed by atoms with E-state index < -0.39 is 20.5 Å². The summed E-state index contributed by atoms with van der Waals surface area (Å²) in [6.45, 7) is 2.94. The Morgan fingerprint density at radius 1 is 1.48 bits per heavy atom. The van der Waals surface area contributed by atoms with Crippen molar-refractivity contribution in [3.05, 3.63) is 33.9 Å². The van der Waals surface area contributed by atoms with E-state index in [2.05, 4.69) is 10.0 Å². The molecule has 9 heteroatoms. The molecule has 1 saturated heterocycles. The molecule has 0 saturated carbocycles. The summed E-state index contributed by atoms with van der Waals surface area (Å²) in [6.07, 6.45) is 1.75. The molecule has 0 amide bonds. The molecular weight excluding hydrogens is 322 g/mol. The molecule has 0 aromatic heterocycles. The minimum absolute atomic E-state index is 0.111. The average Bonchev–Trinajstić information content (AvgIpc) is 2.95. The second kappa shape index (κ2) is 6.91. The van der Waals surface area contributed by atoms with E-state index in [-0.39, 0.29) is 17.1 Å². The number of nitro groups is 1. The van der Waals surface area contributed by atoms with Crippen LogP contribution < -0.4 is 10.0 Å². The van der Waals surface area contributed by atoms with E-state index in [0.717, 1.165) is 25.5 Å². The number of sulfonamides is 1. The summed E-state index contributed by atoms with van der Waals surface area (Å²) in [6, 6.07) is 3.89. The summed E-state index contributed by atoms with van der Waals surface area (Å²) >= 11 is 0. The highest BCUT2D eigenvalue weighted by molar-refractivity contribution is 7.89. The number of hydrogen-bond donors (Lipinski definition) is 2. The minimum atomic E-state index is -3.83. The van der Waals surface area contributed by atoms with Gasteiger partial charge in [0.25, 0.3) is 5.69 Å². The first-order chi connectivity index (χ1) is 10.8. The summed E-state index contributed by atoms with van der Waals surface area (Å²) in [5.74, 6) is 0. The predicted octanol–water partition coefficient (Wildman–Crippen LogP) is 0.950. The number of methoxy groups -OCH3 is 1. The smallest absolute Gasteiger partial charge is 0.273 e. The summed E-state index contributed by atoms with van der Waals surface area (Å²) in [4.78, 5) is 10.3. The molecule has 0 aliphatic carbocycles. The van der Waals surface area contributed by atoms with Crippen molar-refractivity contribution in [3.8, 4) is 0 Å². The van der Waals surface area contributed by atoms with Crippen LogP contribution in [0.1, 0.15) is 18.4 Å². The molecule has 2 rings (SSSR count). The van der Waals surface area contributed by atoms with Crippen molar-refractivity contribution in [1.82, 2.24) is 10.0 Å². The zero-order chi connectivity index (χ0) is 17.1. The van der Waals surface area contributed by atoms with Crippen LogP contribution in [-0.4, -0.2) is 45.7 Å². The van der Waals surface area contributed by atoms with E-state index in [9.17, 15) is 18.5 Å². The number of nitro benzene ring substituents is 1. The molecular formula is C14H21N3O5S. The van der Waals surface area contributed by atoms with E-state index in [0.29, 0.717) is 12.2 Å². The van der Waals surface area contributed by atoms with Crippen molar-refractivity contribution in [1.29, 1.82) is 0 Å². The molecule has 1 unspecified atom stereocenters. The quantitative estimate of drug-likeness (QED) is 0.563. The van der Waals surface area contributed by atoms with Gasteiger partial charge in [0.2, 0.25) is 10.0 Å². The second-order valence-electron chi connectivity index (χ2n) is 5.77. The van der Waals surface area contributed by atoms with Crippen LogP contribution in [0.25, 0.3) is 0 Å². The number of ether oxygens (including phenoxy) is 1. The molecule has 1 atom stereocenters. The molecule has 1 fully saturated rings. The summed E-state index contributed by atoms with van der Waals surface area (Å²) in [5, 5.41) is 14.2. The molecule has 1 aromatic rings. The first-order valence-corrected chi connectivity index (χ1v) is 8.77. The Bertz CT molecular complexity index is 684. The molecule has 1 heterocycles. The molecule has 128 valence electrons. The third-order valence-electron chi connectivity index (χ3n) is 4.04. The number of nitrogens with one attached hydrogen (secondary N) is 2. The molecule has 8 nitrogen and oxygen atoms in total. The van der Waals surface area contributed by atoms with Gasteiger partial charge in [-0.15, -0.1) is 0 Å². The molecule has 1 aliphatic rings. The van der Waals surface area contributed by atoms with E-state index in [1.165, 1.54) is 12.1 Å². The van der Waals surface area contributed by atoms with E-state index >= 15 is 0 Å². The fraction of sp³-hybridized carbons (Fsp3) is 0.571. The van der Waals surface area contributed by atoms with Crippen molar-refractivity contribution in [2.24, 2.45) is 0 Å². The topological polar surface area (TPSA) is 111 Å². The molecule has 0 spiro atoms. The number of nitrogens with zero attached hydrogens (tertiary/aromatic N) is 1. The van der Waals surface area contributed by atoms with Gasteiger partial charge < -0.3 is 10.1 Å². The van der Waals surface area contributed by atoms with Gasteiger partial charge in [0, 0.05) is 25.3 Å². The number of rotatable bonds is 7. The summed E-state index contributed by atoms with van der Waals surface area (Å²) in [7, 11) is -2.26. The van der Waals surface area contributed by atoms with Gasteiger partial charge in [-0.05, 0) is 32.4 Å². The van der Waals surface area contributed by atoms with Gasteiger partial charge >= 0.3 is 0 Å². The van der Waals surface area contributed by atoms with Crippen LogP contribution in [0.15, 0.2) is 23.1 Å². The maximum absolute atomic E-state index is 12.4. The van der Waals surface area contributed by atoms with Gasteiger partial charge in [-0.2, -0.15) is 0 Å². The molecule has 0 bridgehead atoms. The minimum Gasteiger partial charge on any atom is -0.383 e. The first kappa shape index (κ1) is 17.8. The standard InChI is InChI=1S/C14H21N3O5S/c1-11-4-5-12(8-13(11)17(18)19)23(20,21)16-9-14(10-22-2)6-3-7-15-14/h4-5,8,15-16H,3,6-7,9-10H2,1-2H3. The molecule has 23 heavy (non-hydrogen) atoms. The Balaban J connectivity index is 2.19. The monoisotopic (exact) mass is 343 g/mol. The van der Waals surface area contributed by atoms with Gasteiger partial charge in [-0.3, -0.25) is 10.1 Å². The lowest BCUT2D eigenvalue weighted by molar-refractivity contribution is -0.385. The Kier molecular flexibility index (Phi) is 5.35. The van der Waals surface area contributed by atoms with Crippen LogP contribution in [0, 0.1) is 17.0 Å². The van der Waals surface area contributed by atoms with Crippen molar-refractivity contribution in [2.75, 3.05) is 26.8 Å². The van der Waals surface area contributed by atoms with Gasteiger partial charge in [0.05, 0.1) is 22.0 Å². The Labute approximate surface area is 135 Å². The highest BCUT2D eigenvalue weighted by atomic mass is 32.2. The maximum Gasteiger partial charge on any atom is 0.273 e. The van der Waals surface area contributed by atoms with Crippen LogP contribution >= 0.6 is 0 Å². The Hall–Kier alpha value is -1.55. The van der Waals surface area contributed by atoms with Crippen molar-refractivity contribution in [3.63, 3.8) is 0 Å². The summed E-state index contributed by atoms with van der Waals surface area (Å²) in [5.41, 5.74) is -0.223. The molecule has 0 radical (unpaired) electrons. The summed E-state index contributed by atoms with van der Waals surface area (Å²) < 4.78 is 32.6. The number of aryl methyl sites for hydroxylation is 1. The van der Waals surface area contributed by atoms with Crippen molar-refractivity contribution < 1.29 is 18.1 Å². The molecule has 1 aromatic carbocycles. The predicted molar refractivity (Wildman–Crippen MR) is 84.9 cm³/mol. The van der Waals surface area contributed by atoms with Crippen molar-refractivity contribution >= 4 is 15.7 Å². The third-order valence-corrected chi connectivity index (χ3v) is 5.44. The SMILES string of the molecule is COCC1(CNS(=O)(=O)c2ccc(C)c([N+](=O)[O-])c2)CCCN1. The number of hydrogen-bond acceptors (Lipinski definition) is 6. The van der Waals surface area contributed by atoms with Crippen LogP contribution in [0.2, 0.25) is 0 Å². The number of benzene rings is 1. The van der Waals surface area contributed by atoms with E-state index in [1.807, 2.05) is 0 Å². The maximum atomic E-state index is 12.4. The molecule has 1 aliphatic heterocycles. The normalized spacial score (nSPS) is 21.5. The van der Waals surface area contributed by atoms with Gasteiger partial charge in [-0.1, -0.05) is 6.07 Å². The van der Waals surface area contributed by atoms with Crippen LogP contribution in [0.5, 0.6) is 0 Å². The fourth-order valence-corrected chi connectivity index (χ4v) is 3.89. The second-order valence-corrected chi connectivity index (χ2v) is 7.54. The van der Waals surface area contributed by atoms with Crippen LogP contribution in [0.3, 0.4) is 0 Å². The van der Waals surface area contributed by atoms with Gasteiger partial charge in [0.15, 0.2) is 0 Å². The van der Waals surface area contributed by atoms with Crippen LogP contribution in [-0.2, 0) is 14.8 Å². The lowest BCUT2D eigenvalue weighted by atomic mass is 9.99. The lowest BCUT2D eigenvalue weighted by Gasteiger charge is -2.28. The third kappa shape index (κ3) is 4.05. The van der Waals surface area contributed by atoms with E-state index in [1.54, 1.807) is 14.0 Å². The molecule has 2 N–H and O–H groups in total.